The lowest BCUT2D eigenvalue weighted by molar-refractivity contribution is 0.552. The van der Waals surface area contributed by atoms with E-state index in [9.17, 15) is 4.21 Å². The van der Waals surface area contributed by atoms with Crippen LogP contribution in [0.25, 0.3) is 0 Å². The Labute approximate surface area is 63.5 Å². The maximum absolute atomic E-state index is 11.5. The van der Waals surface area contributed by atoms with Crippen molar-refractivity contribution >= 4 is 9.92 Å². The molecular weight excluding hydrogens is 148 g/mol. The van der Waals surface area contributed by atoms with Crippen LogP contribution in [0.5, 0.6) is 0 Å². The molecule has 0 spiro atoms. The van der Waals surface area contributed by atoms with Gasteiger partial charge in [-0.2, -0.15) is 0 Å². The normalized spacial score (nSPS) is 19.0. The summed E-state index contributed by atoms with van der Waals surface area (Å²) in [7, 11) is 0.753. The van der Waals surface area contributed by atoms with Gasteiger partial charge >= 0.3 is 0 Å². The molecule has 3 nitrogen and oxygen atoms in total. The number of hydrogen-bond donors (Lipinski definition) is 1. The van der Waals surface area contributed by atoms with Crippen molar-refractivity contribution in [2.45, 2.75) is 25.5 Å². The fourth-order valence-electron chi connectivity index (χ4n) is 0.548. The zero-order chi connectivity index (χ0) is 8.58. The fraction of sp³-hybridized carbons (Fsp3) is 1.00. The average molecular weight is 164 g/mol. The van der Waals surface area contributed by atoms with E-state index in [1.54, 1.807) is 14.1 Å². The van der Waals surface area contributed by atoms with E-state index in [1.165, 1.54) is 4.31 Å². The predicted octanol–water partition coefficient (Wildman–Crippen LogP) is 1.31. The molecule has 0 aliphatic carbocycles. The Hall–Kier alpha value is -0.0900. The van der Waals surface area contributed by atoms with Gasteiger partial charge in [0.05, 0.1) is 4.75 Å². The summed E-state index contributed by atoms with van der Waals surface area (Å²) in [4.78, 5) is 0. The molecule has 62 valence electrons. The number of rotatable bonds is 1. The molecule has 0 aliphatic rings. The zero-order valence-corrected chi connectivity index (χ0v) is 8.08. The first-order chi connectivity index (χ1) is 4.19. The molecule has 1 N–H and O–H groups in total. The third-order valence-corrected chi connectivity index (χ3v) is 4.03. The summed E-state index contributed by atoms with van der Waals surface area (Å²) >= 11 is 0. The smallest absolute Gasteiger partial charge is 0.112 e. The highest BCUT2D eigenvalue weighted by molar-refractivity contribution is 7.91. The maximum Gasteiger partial charge on any atom is 0.112 e. The topological polar surface area (TPSA) is 44.2 Å². The van der Waals surface area contributed by atoms with Crippen molar-refractivity contribution in [3.63, 3.8) is 0 Å². The molecule has 0 saturated heterocycles. The van der Waals surface area contributed by atoms with Gasteiger partial charge in [0.25, 0.3) is 0 Å². The largest absolute Gasteiger partial charge is 0.240 e. The number of nitrogens with one attached hydrogen (secondary N) is 1. The van der Waals surface area contributed by atoms with Crippen molar-refractivity contribution in [3.8, 4) is 0 Å². The quantitative estimate of drug-likeness (QED) is 0.624. The van der Waals surface area contributed by atoms with Crippen molar-refractivity contribution in [1.29, 1.82) is 4.78 Å². The molecule has 0 bridgehead atoms. The van der Waals surface area contributed by atoms with E-state index >= 15 is 0 Å². The van der Waals surface area contributed by atoms with Crippen LogP contribution < -0.4 is 0 Å². The summed E-state index contributed by atoms with van der Waals surface area (Å²) in [5, 5.41) is 0. The van der Waals surface area contributed by atoms with E-state index in [2.05, 4.69) is 0 Å². The Morgan fingerprint density at radius 3 is 1.60 bits per heavy atom. The molecular formula is C6H16N2OS. The van der Waals surface area contributed by atoms with Gasteiger partial charge in [0.15, 0.2) is 0 Å². The van der Waals surface area contributed by atoms with E-state index in [0.29, 0.717) is 0 Å². The number of nitrogens with zero attached hydrogens (tertiary/aromatic N) is 1. The summed E-state index contributed by atoms with van der Waals surface area (Å²) in [6, 6.07) is 0. The van der Waals surface area contributed by atoms with Crippen LogP contribution in [0.4, 0.5) is 0 Å². The van der Waals surface area contributed by atoms with Gasteiger partial charge in [-0.25, -0.2) is 13.3 Å². The van der Waals surface area contributed by atoms with Crippen LogP contribution in [-0.4, -0.2) is 27.4 Å². The third-order valence-electron chi connectivity index (χ3n) is 1.34. The minimum Gasteiger partial charge on any atom is -0.240 e. The second-order valence-corrected chi connectivity index (χ2v) is 6.46. The Morgan fingerprint density at radius 2 is 1.60 bits per heavy atom. The van der Waals surface area contributed by atoms with Crippen LogP contribution in [0.3, 0.4) is 0 Å². The molecule has 1 unspecified atom stereocenters. The summed E-state index contributed by atoms with van der Waals surface area (Å²) in [5.74, 6) is 0. The van der Waals surface area contributed by atoms with E-state index < -0.39 is 14.7 Å². The summed E-state index contributed by atoms with van der Waals surface area (Å²) in [6.45, 7) is 5.42. The third kappa shape index (κ3) is 1.70. The second-order valence-electron chi connectivity index (χ2n) is 3.45. The predicted molar refractivity (Wildman–Crippen MR) is 44.3 cm³/mol. The molecule has 0 radical (unpaired) electrons. The van der Waals surface area contributed by atoms with Crippen LogP contribution in [0.15, 0.2) is 0 Å². The highest BCUT2D eigenvalue weighted by Gasteiger charge is 2.26. The van der Waals surface area contributed by atoms with E-state index in [0.717, 1.165) is 0 Å². The van der Waals surface area contributed by atoms with E-state index in [4.69, 9.17) is 4.78 Å². The Bertz CT molecular complexity index is 198. The molecule has 4 heteroatoms. The Balaban J connectivity index is 4.79. The molecule has 0 saturated carbocycles. The maximum atomic E-state index is 11.5. The van der Waals surface area contributed by atoms with Crippen molar-refractivity contribution in [1.82, 2.24) is 4.31 Å². The van der Waals surface area contributed by atoms with Crippen LogP contribution in [0.1, 0.15) is 20.8 Å². The lowest BCUT2D eigenvalue weighted by Gasteiger charge is -2.27. The van der Waals surface area contributed by atoms with E-state index in [-0.39, 0.29) is 0 Å². The van der Waals surface area contributed by atoms with Crippen LogP contribution >= 0.6 is 0 Å². The highest BCUT2D eigenvalue weighted by Crippen LogP contribution is 2.17. The first-order valence-corrected chi connectivity index (χ1v) is 4.67. The molecule has 0 amide bonds. The SMILES string of the molecule is CN(C)S(=N)(=O)C(C)(C)C. The van der Waals surface area contributed by atoms with Gasteiger partial charge < -0.3 is 0 Å². The molecule has 10 heavy (non-hydrogen) atoms. The van der Waals surface area contributed by atoms with Crippen molar-refractivity contribution in [2.75, 3.05) is 14.1 Å². The molecule has 0 aromatic rings. The standard InChI is InChI=1S/C6H16N2OS/c1-6(2,3)10(7,9)8(4)5/h7H,1-5H3. The van der Waals surface area contributed by atoms with Crippen LogP contribution in [0, 0.1) is 4.78 Å². The summed E-state index contributed by atoms with van der Waals surface area (Å²) < 4.78 is 20.0. The fourth-order valence-corrected chi connectivity index (χ4v) is 1.64. The summed E-state index contributed by atoms with van der Waals surface area (Å²) in [6.07, 6.45) is 0. The van der Waals surface area contributed by atoms with Crippen molar-refractivity contribution < 1.29 is 4.21 Å². The van der Waals surface area contributed by atoms with Crippen LogP contribution in [-0.2, 0) is 9.92 Å². The van der Waals surface area contributed by atoms with Crippen molar-refractivity contribution in [2.24, 2.45) is 0 Å². The lowest BCUT2D eigenvalue weighted by atomic mass is 10.3. The first kappa shape index (κ1) is 9.91. The van der Waals surface area contributed by atoms with Gasteiger partial charge in [-0.05, 0) is 20.8 Å². The van der Waals surface area contributed by atoms with Gasteiger partial charge in [0.1, 0.15) is 9.92 Å². The van der Waals surface area contributed by atoms with Gasteiger partial charge in [0, 0.05) is 14.1 Å². The molecule has 0 heterocycles. The zero-order valence-electron chi connectivity index (χ0n) is 7.26. The molecule has 0 aromatic carbocycles. The van der Waals surface area contributed by atoms with Gasteiger partial charge in [-0.3, -0.25) is 0 Å². The first-order valence-electron chi connectivity index (χ1n) is 3.15. The minimum absolute atomic E-state index is 0.462. The van der Waals surface area contributed by atoms with Crippen LogP contribution in [0.2, 0.25) is 0 Å². The molecule has 1 atom stereocenters. The second kappa shape index (κ2) is 2.51. The molecule has 0 fully saturated rings. The highest BCUT2D eigenvalue weighted by atomic mass is 32.2. The van der Waals surface area contributed by atoms with E-state index in [1.807, 2.05) is 20.8 Å². The molecule has 0 aromatic heterocycles. The Morgan fingerprint density at radius 1 is 1.30 bits per heavy atom. The Kier molecular flexibility index (Phi) is 2.49. The van der Waals surface area contributed by atoms with Gasteiger partial charge in [-0.1, -0.05) is 0 Å². The average Bonchev–Trinajstić information content (AvgIpc) is 1.62. The summed E-state index contributed by atoms with van der Waals surface area (Å²) in [5.41, 5.74) is 0. The molecule has 0 rings (SSSR count). The molecule has 0 aliphatic heterocycles. The monoisotopic (exact) mass is 164 g/mol. The number of hydrogen-bond acceptors (Lipinski definition) is 2. The van der Waals surface area contributed by atoms with Gasteiger partial charge in [0.2, 0.25) is 0 Å². The minimum atomic E-state index is -2.58. The van der Waals surface area contributed by atoms with Gasteiger partial charge in [-0.15, -0.1) is 0 Å². The lowest BCUT2D eigenvalue weighted by Crippen LogP contribution is -2.37. The van der Waals surface area contributed by atoms with Crippen molar-refractivity contribution in [3.05, 3.63) is 0 Å².